The van der Waals surface area contributed by atoms with Gasteiger partial charge in [0.2, 0.25) is 0 Å². The predicted octanol–water partition coefficient (Wildman–Crippen LogP) is 21.3. The highest BCUT2D eigenvalue weighted by Crippen LogP contribution is 2.45. The van der Waals surface area contributed by atoms with E-state index in [1.165, 1.54) is 173 Å². The van der Waals surface area contributed by atoms with E-state index in [2.05, 4.69) is 55.4 Å². The van der Waals surface area contributed by atoms with Crippen molar-refractivity contribution < 1.29 is 80.2 Å². The van der Waals surface area contributed by atoms with Gasteiger partial charge in [-0.3, -0.25) is 37.3 Å². The molecule has 0 saturated carbocycles. The topological polar surface area (TPSA) is 237 Å². The van der Waals surface area contributed by atoms with Crippen molar-refractivity contribution in [2.75, 3.05) is 39.6 Å². The molecule has 0 rings (SSSR count). The third-order valence-electron chi connectivity index (χ3n) is 17.1. The smallest absolute Gasteiger partial charge is 0.462 e. The van der Waals surface area contributed by atoms with Crippen LogP contribution in [0.25, 0.3) is 0 Å². The highest BCUT2D eigenvalue weighted by Gasteiger charge is 2.30. The highest BCUT2D eigenvalue weighted by molar-refractivity contribution is 7.47. The van der Waals surface area contributed by atoms with Crippen LogP contribution in [-0.2, 0) is 65.4 Å². The van der Waals surface area contributed by atoms with Crippen LogP contribution in [0.5, 0.6) is 0 Å². The minimum atomic E-state index is -4.96. The van der Waals surface area contributed by atoms with Crippen LogP contribution in [0.3, 0.4) is 0 Å². The number of hydrogen-bond donors (Lipinski definition) is 3. The number of aliphatic hydroxyl groups excluding tert-OH is 1. The average molecular weight is 1370 g/mol. The maximum Gasteiger partial charge on any atom is 0.472 e. The van der Waals surface area contributed by atoms with E-state index in [4.69, 9.17) is 37.0 Å². The number of esters is 4. The molecule has 552 valence electrons. The van der Waals surface area contributed by atoms with Crippen LogP contribution in [0.2, 0.25) is 0 Å². The van der Waals surface area contributed by atoms with Gasteiger partial charge in [-0.05, 0) is 49.4 Å². The number of hydrogen-bond acceptors (Lipinski definition) is 15. The summed E-state index contributed by atoms with van der Waals surface area (Å²) in [4.78, 5) is 72.6. The van der Waals surface area contributed by atoms with Crippen LogP contribution in [0.1, 0.15) is 370 Å². The molecule has 0 bridgehead atoms. The van der Waals surface area contributed by atoms with Gasteiger partial charge in [-0.1, -0.05) is 319 Å². The van der Waals surface area contributed by atoms with Gasteiger partial charge in [0.15, 0.2) is 12.2 Å². The molecule has 0 aromatic rings. The Morgan fingerprint density at radius 1 is 0.269 bits per heavy atom. The number of unbranched alkanes of at least 4 members (excludes halogenated alkanes) is 37. The van der Waals surface area contributed by atoms with Crippen molar-refractivity contribution in [2.24, 2.45) is 23.7 Å². The third kappa shape index (κ3) is 68.4. The molecule has 0 spiro atoms. The first kappa shape index (κ1) is 91.1. The summed E-state index contributed by atoms with van der Waals surface area (Å²) in [5, 5.41) is 10.6. The van der Waals surface area contributed by atoms with E-state index in [1.807, 2.05) is 0 Å². The van der Waals surface area contributed by atoms with Crippen molar-refractivity contribution in [2.45, 2.75) is 388 Å². The normalized spacial score (nSPS) is 14.2. The fourth-order valence-electron chi connectivity index (χ4n) is 11.2. The summed E-state index contributed by atoms with van der Waals surface area (Å²) in [6.45, 7) is 14.1. The highest BCUT2D eigenvalue weighted by atomic mass is 31.2. The lowest BCUT2D eigenvalue weighted by Gasteiger charge is -2.21. The second-order valence-corrected chi connectivity index (χ2v) is 31.5. The molecule has 17 nitrogen and oxygen atoms in total. The van der Waals surface area contributed by atoms with Crippen LogP contribution in [0.15, 0.2) is 0 Å². The molecule has 3 unspecified atom stereocenters. The first-order valence-corrected chi connectivity index (χ1v) is 41.2. The van der Waals surface area contributed by atoms with Crippen molar-refractivity contribution >= 4 is 39.5 Å². The zero-order chi connectivity index (χ0) is 68.9. The zero-order valence-corrected chi connectivity index (χ0v) is 62.7. The number of carbonyl (C=O) groups excluding carboxylic acids is 4. The number of phosphoric acid groups is 2. The molecule has 0 aromatic heterocycles. The summed E-state index contributed by atoms with van der Waals surface area (Å²) in [5.41, 5.74) is 0. The second-order valence-electron chi connectivity index (χ2n) is 28.6. The monoisotopic (exact) mass is 1370 g/mol. The lowest BCUT2D eigenvalue weighted by atomic mass is 10.0. The van der Waals surface area contributed by atoms with Crippen molar-refractivity contribution in [3.63, 3.8) is 0 Å². The maximum atomic E-state index is 13.1. The van der Waals surface area contributed by atoms with Gasteiger partial charge >= 0.3 is 39.5 Å². The van der Waals surface area contributed by atoms with Gasteiger partial charge in [-0.2, -0.15) is 0 Å². The third-order valence-corrected chi connectivity index (χ3v) is 19.0. The quantitative estimate of drug-likeness (QED) is 0.0222. The Morgan fingerprint density at radius 2 is 0.452 bits per heavy atom. The minimum Gasteiger partial charge on any atom is -0.462 e. The van der Waals surface area contributed by atoms with Crippen molar-refractivity contribution in [1.82, 2.24) is 0 Å². The summed E-state index contributed by atoms with van der Waals surface area (Å²) in [6, 6.07) is 0. The molecule has 5 atom stereocenters. The number of carbonyl (C=O) groups is 4. The van der Waals surface area contributed by atoms with E-state index in [0.717, 1.165) is 108 Å². The second kappa shape index (κ2) is 63.5. The molecular weight excluding hydrogens is 1220 g/mol. The molecule has 19 heteroatoms. The Morgan fingerprint density at radius 3 is 0.667 bits per heavy atom. The standard InChI is InChI=1S/C74H144O17P2/c1-64(2)50-42-34-26-20-17-15-13-11-9-10-12-14-16-18-22-31-40-48-56-73(78)90-69(60-84-71(76)54-46-38-29-23-19-21-27-35-43-51-65(3)4)62-88-92(80,81)86-58-68(75)59-87-93(82,83)89-63-70(91-74(79)57-49-41-33-32-37-45-53-67(7)8)61-85-72(77)55-47-39-30-25-24-28-36-44-52-66(5)6/h64-70,75H,9-63H2,1-8H3,(H,80,81)(H,82,83)/t68?,69-,70-/m1/s1. The fourth-order valence-corrected chi connectivity index (χ4v) is 12.8. The van der Waals surface area contributed by atoms with Gasteiger partial charge in [-0.25, -0.2) is 9.13 Å². The van der Waals surface area contributed by atoms with Crippen molar-refractivity contribution in [3.05, 3.63) is 0 Å². The summed E-state index contributed by atoms with van der Waals surface area (Å²) in [6.07, 6.45) is 47.6. The van der Waals surface area contributed by atoms with E-state index in [1.54, 1.807) is 0 Å². The molecule has 93 heavy (non-hydrogen) atoms. The Labute approximate surface area is 568 Å². The van der Waals surface area contributed by atoms with Crippen LogP contribution in [0, 0.1) is 23.7 Å². The molecule has 0 aromatic carbocycles. The van der Waals surface area contributed by atoms with Gasteiger partial charge in [0.1, 0.15) is 19.3 Å². The first-order valence-electron chi connectivity index (χ1n) is 38.2. The molecule has 0 aliphatic heterocycles. The number of aliphatic hydroxyl groups is 1. The number of ether oxygens (including phenoxy) is 4. The Hall–Kier alpha value is -1.94. The lowest BCUT2D eigenvalue weighted by molar-refractivity contribution is -0.161. The molecule has 0 aliphatic carbocycles. The average Bonchev–Trinajstić information content (AvgIpc) is 3.63. The van der Waals surface area contributed by atoms with Crippen molar-refractivity contribution in [3.8, 4) is 0 Å². The summed E-state index contributed by atoms with van der Waals surface area (Å²) >= 11 is 0. The summed E-state index contributed by atoms with van der Waals surface area (Å²) in [5.74, 6) is 0.830. The van der Waals surface area contributed by atoms with Gasteiger partial charge in [-0.15, -0.1) is 0 Å². The zero-order valence-electron chi connectivity index (χ0n) is 60.9. The minimum absolute atomic E-state index is 0.101. The molecule has 0 radical (unpaired) electrons. The molecule has 0 aliphatic rings. The fraction of sp³-hybridized carbons (Fsp3) is 0.946. The van der Waals surface area contributed by atoms with Crippen LogP contribution < -0.4 is 0 Å². The molecular formula is C74H144O17P2. The Balaban J connectivity index is 5.17. The van der Waals surface area contributed by atoms with Crippen LogP contribution in [-0.4, -0.2) is 96.7 Å². The summed E-state index contributed by atoms with van der Waals surface area (Å²) in [7, 11) is -9.91. The molecule has 0 amide bonds. The van der Waals surface area contributed by atoms with E-state index >= 15 is 0 Å². The maximum absolute atomic E-state index is 13.1. The number of phosphoric ester groups is 2. The van der Waals surface area contributed by atoms with E-state index < -0.39 is 97.5 Å². The SMILES string of the molecule is CC(C)CCCCCCCCCCCCCCCCCCCCC(=O)O[C@H](COC(=O)CCCCCCCCCCCC(C)C)COP(=O)(O)OCC(O)COP(=O)(O)OC[C@@H](COC(=O)CCCCCCCCCCC(C)C)OC(=O)CCCCCCCCC(C)C. The largest absolute Gasteiger partial charge is 0.472 e. The predicted molar refractivity (Wildman–Crippen MR) is 377 cm³/mol. The van der Waals surface area contributed by atoms with E-state index in [9.17, 15) is 43.2 Å². The Kier molecular flexibility index (Phi) is 62.2. The van der Waals surface area contributed by atoms with E-state index in [-0.39, 0.29) is 25.7 Å². The van der Waals surface area contributed by atoms with Crippen LogP contribution >= 0.6 is 15.6 Å². The Bertz CT molecular complexity index is 1830. The van der Waals surface area contributed by atoms with Gasteiger partial charge < -0.3 is 33.8 Å². The molecule has 0 saturated heterocycles. The van der Waals surface area contributed by atoms with Gasteiger partial charge in [0, 0.05) is 25.7 Å². The van der Waals surface area contributed by atoms with Gasteiger partial charge in [0.05, 0.1) is 26.4 Å². The van der Waals surface area contributed by atoms with Crippen molar-refractivity contribution in [1.29, 1.82) is 0 Å². The van der Waals surface area contributed by atoms with E-state index in [0.29, 0.717) is 31.6 Å². The molecule has 3 N–H and O–H groups in total. The van der Waals surface area contributed by atoms with Gasteiger partial charge in [0.25, 0.3) is 0 Å². The lowest BCUT2D eigenvalue weighted by Crippen LogP contribution is -2.30. The molecule has 0 fully saturated rings. The number of rotatable bonds is 71. The molecule has 0 heterocycles. The van der Waals surface area contributed by atoms with Crippen LogP contribution in [0.4, 0.5) is 0 Å². The first-order chi connectivity index (χ1) is 44.6. The summed E-state index contributed by atoms with van der Waals surface area (Å²) < 4.78 is 68.3.